The molecule has 1 N–H and O–H groups in total. The fraction of sp³-hybridized carbons (Fsp3) is 0.462. The van der Waals surface area contributed by atoms with Gasteiger partial charge in [-0.05, 0) is 25.3 Å². The molecule has 2 rings (SSSR count). The number of carboxylic acids is 1. The molecular weight excluding hydrogens is 248 g/mol. The van der Waals surface area contributed by atoms with E-state index in [9.17, 15) is 14.4 Å². The van der Waals surface area contributed by atoms with Gasteiger partial charge in [0.1, 0.15) is 11.7 Å². The molecule has 1 aliphatic heterocycles. The molecule has 0 spiro atoms. The number of aliphatic carboxylic acids is 1. The van der Waals surface area contributed by atoms with Crippen LogP contribution in [0.4, 0.5) is 0 Å². The lowest BCUT2D eigenvalue weighted by Gasteiger charge is -2.33. The second kappa shape index (κ2) is 5.26. The van der Waals surface area contributed by atoms with Crippen molar-refractivity contribution in [2.24, 2.45) is 7.05 Å². The number of rotatable bonds is 2. The lowest BCUT2D eigenvalue weighted by molar-refractivity contribution is -0.143. The first-order valence-corrected chi connectivity index (χ1v) is 6.22. The van der Waals surface area contributed by atoms with Gasteiger partial charge in [-0.25, -0.2) is 4.79 Å². The molecule has 1 aromatic rings. The topological polar surface area (TPSA) is 79.6 Å². The molecule has 6 heteroatoms. The van der Waals surface area contributed by atoms with E-state index in [4.69, 9.17) is 5.11 Å². The average molecular weight is 264 g/mol. The summed E-state index contributed by atoms with van der Waals surface area (Å²) in [5.74, 6) is -1.39. The zero-order valence-electron chi connectivity index (χ0n) is 10.7. The summed E-state index contributed by atoms with van der Waals surface area (Å²) in [5.41, 5.74) is -0.0598. The third-order valence-electron chi connectivity index (χ3n) is 3.45. The van der Waals surface area contributed by atoms with E-state index >= 15 is 0 Å². The van der Waals surface area contributed by atoms with E-state index in [-0.39, 0.29) is 11.3 Å². The third-order valence-corrected chi connectivity index (χ3v) is 3.45. The molecule has 0 aliphatic carbocycles. The Kier molecular flexibility index (Phi) is 3.69. The van der Waals surface area contributed by atoms with E-state index in [1.165, 1.54) is 34.7 Å². The van der Waals surface area contributed by atoms with E-state index < -0.39 is 17.9 Å². The minimum Gasteiger partial charge on any atom is -0.480 e. The number of carbonyl (C=O) groups excluding carboxylic acids is 1. The van der Waals surface area contributed by atoms with Crippen LogP contribution < -0.4 is 5.56 Å². The number of amides is 1. The Bertz CT molecular complexity index is 564. The molecule has 1 fully saturated rings. The molecule has 1 atom stereocenters. The lowest BCUT2D eigenvalue weighted by atomic mass is 10.0. The van der Waals surface area contributed by atoms with Crippen molar-refractivity contribution in [3.05, 3.63) is 34.2 Å². The highest BCUT2D eigenvalue weighted by atomic mass is 16.4. The van der Waals surface area contributed by atoms with Crippen molar-refractivity contribution < 1.29 is 14.7 Å². The number of aromatic nitrogens is 1. The van der Waals surface area contributed by atoms with E-state index in [2.05, 4.69) is 0 Å². The van der Waals surface area contributed by atoms with Crippen LogP contribution in [-0.4, -0.2) is 39.0 Å². The van der Waals surface area contributed by atoms with Gasteiger partial charge in [0.2, 0.25) is 0 Å². The summed E-state index contributed by atoms with van der Waals surface area (Å²) in [6.07, 6.45) is 2.05. The summed E-state index contributed by atoms with van der Waals surface area (Å²) >= 11 is 0. The number of hydrogen-bond acceptors (Lipinski definition) is 3. The smallest absolute Gasteiger partial charge is 0.326 e. The summed E-state index contributed by atoms with van der Waals surface area (Å²) in [6, 6.07) is 3.62. The Morgan fingerprint density at radius 2 is 2.05 bits per heavy atom. The van der Waals surface area contributed by atoms with Gasteiger partial charge in [-0.3, -0.25) is 9.59 Å². The maximum Gasteiger partial charge on any atom is 0.326 e. The van der Waals surface area contributed by atoms with Crippen molar-refractivity contribution in [2.45, 2.75) is 25.3 Å². The van der Waals surface area contributed by atoms with Crippen LogP contribution in [0.5, 0.6) is 0 Å². The van der Waals surface area contributed by atoms with Crippen LogP contribution in [-0.2, 0) is 11.8 Å². The summed E-state index contributed by atoms with van der Waals surface area (Å²) in [5, 5.41) is 9.17. The first-order chi connectivity index (χ1) is 9.02. The van der Waals surface area contributed by atoms with E-state index in [0.717, 1.165) is 12.8 Å². The minimum absolute atomic E-state index is 0.223. The third kappa shape index (κ3) is 2.52. The van der Waals surface area contributed by atoms with Gasteiger partial charge in [0, 0.05) is 19.7 Å². The molecule has 102 valence electrons. The van der Waals surface area contributed by atoms with Crippen LogP contribution in [0.1, 0.15) is 29.8 Å². The second-order valence-corrected chi connectivity index (χ2v) is 4.66. The zero-order valence-corrected chi connectivity index (χ0v) is 10.7. The van der Waals surface area contributed by atoms with Gasteiger partial charge in [0.05, 0.1) is 0 Å². The van der Waals surface area contributed by atoms with E-state index in [1.54, 1.807) is 0 Å². The molecule has 1 saturated heterocycles. The van der Waals surface area contributed by atoms with E-state index in [1.807, 2.05) is 0 Å². The summed E-state index contributed by atoms with van der Waals surface area (Å²) in [6.45, 7) is 0.416. The van der Waals surface area contributed by atoms with Crippen molar-refractivity contribution >= 4 is 11.9 Å². The van der Waals surface area contributed by atoms with Crippen LogP contribution in [0.25, 0.3) is 0 Å². The Balaban J connectivity index is 2.34. The van der Waals surface area contributed by atoms with Crippen LogP contribution in [0.2, 0.25) is 0 Å². The number of hydrogen-bond donors (Lipinski definition) is 1. The number of carbonyl (C=O) groups is 2. The quantitative estimate of drug-likeness (QED) is 0.841. The maximum absolute atomic E-state index is 12.4. The first-order valence-electron chi connectivity index (χ1n) is 6.22. The predicted octanol–water partition coefficient (Wildman–Crippen LogP) is 0.465. The molecule has 19 heavy (non-hydrogen) atoms. The summed E-state index contributed by atoms with van der Waals surface area (Å²) in [4.78, 5) is 36.4. The molecule has 0 saturated carbocycles. The number of pyridine rings is 1. The molecule has 0 radical (unpaired) electrons. The molecule has 1 aromatic heterocycles. The van der Waals surface area contributed by atoms with Gasteiger partial charge in [-0.1, -0.05) is 6.07 Å². The van der Waals surface area contributed by atoms with Gasteiger partial charge >= 0.3 is 5.97 Å². The highest BCUT2D eigenvalue weighted by molar-refractivity contribution is 5.95. The molecule has 0 unspecified atom stereocenters. The van der Waals surface area contributed by atoms with Crippen molar-refractivity contribution in [1.29, 1.82) is 0 Å². The van der Waals surface area contributed by atoms with Gasteiger partial charge in [0.15, 0.2) is 0 Å². The van der Waals surface area contributed by atoms with Gasteiger partial charge in [0.25, 0.3) is 11.5 Å². The summed E-state index contributed by atoms with van der Waals surface area (Å²) in [7, 11) is 1.51. The fourth-order valence-corrected chi connectivity index (χ4v) is 2.36. The molecule has 1 amide bonds. The van der Waals surface area contributed by atoms with Crippen molar-refractivity contribution in [1.82, 2.24) is 9.47 Å². The van der Waals surface area contributed by atoms with Gasteiger partial charge in [-0.15, -0.1) is 0 Å². The van der Waals surface area contributed by atoms with Crippen molar-refractivity contribution in [3.8, 4) is 0 Å². The largest absolute Gasteiger partial charge is 0.480 e. The van der Waals surface area contributed by atoms with Crippen LogP contribution in [0, 0.1) is 0 Å². The SMILES string of the molecule is Cn1c(C(=O)N2CCCC[C@@H]2C(=O)O)cccc1=O. The molecule has 6 nitrogen and oxygen atoms in total. The normalized spacial score (nSPS) is 19.2. The second-order valence-electron chi connectivity index (χ2n) is 4.66. The predicted molar refractivity (Wildman–Crippen MR) is 68.0 cm³/mol. The first kappa shape index (κ1) is 13.3. The highest BCUT2D eigenvalue weighted by Crippen LogP contribution is 2.19. The van der Waals surface area contributed by atoms with Crippen LogP contribution in [0.15, 0.2) is 23.0 Å². The number of piperidine rings is 1. The Labute approximate surface area is 110 Å². The van der Waals surface area contributed by atoms with Crippen LogP contribution in [0.3, 0.4) is 0 Å². The molecule has 1 aliphatic rings. The lowest BCUT2D eigenvalue weighted by Crippen LogP contribution is -2.49. The van der Waals surface area contributed by atoms with Crippen molar-refractivity contribution in [2.75, 3.05) is 6.54 Å². The molecule has 0 aromatic carbocycles. The maximum atomic E-state index is 12.4. The highest BCUT2D eigenvalue weighted by Gasteiger charge is 2.33. The average Bonchev–Trinajstić information content (AvgIpc) is 2.41. The number of likely N-dealkylation sites (tertiary alicyclic amines) is 1. The van der Waals surface area contributed by atoms with Gasteiger partial charge in [-0.2, -0.15) is 0 Å². The minimum atomic E-state index is -0.992. The van der Waals surface area contributed by atoms with Crippen LogP contribution >= 0.6 is 0 Å². The monoisotopic (exact) mass is 264 g/mol. The fourth-order valence-electron chi connectivity index (χ4n) is 2.36. The van der Waals surface area contributed by atoms with Gasteiger partial charge < -0.3 is 14.6 Å². The number of nitrogens with zero attached hydrogens (tertiary/aromatic N) is 2. The standard InChI is InChI=1S/C13H16N2O4/c1-14-9(6-4-7-11(14)16)12(17)15-8-3-2-5-10(15)13(18)19/h4,6-7,10H,2-3,5,8H2,1H3,(H,18,19)/t10-/m1/s1. The Hall–Kier alpha value is -2.11. The van der Waals surface area contributed by atoms with E-state index in [0.29, 0.717) is 13.0 Å². The molecule has 0 bridgehead atoms. The Morgan fingerprint density at radius 3 is 2.74 bits per heavy atom. The zero-order chi connectivity index (χ0) is 14.0. The van der Waals surface area contributed by atoms with Crippen molar-refractivity contribution in [3.63, 3.8) is 0 Å². The summed E-state index contributed by atoms with van der Waals surface area (Å²) < 4.78 is 1.25. The Morgan fingerprint density at radius 1 is 1.32 bits per heavy atom. The number of carboxylic acid groups (broad SMARTS) is 1. The molecule has 2 heterocycles. The molecular formula is C13H16N2O4.